The summed E-state index contributed by atoms with van der Waals surface area (Å²) in [6, 6.07) is 12.4. The van der Waals surface area contributed by atoms with E-state index in [1.807, 2.05) is 35.7 Å². The summed E-state index contributed by atoms with van der Waals surface area (Å²) in [5.74, 6) is -1.18. The highest BCUT2D eigenvalue weighted by Gasteiger charge is 2.44. The molecular weight excluding hydrogens is 376 g/mol. The highest BCUT2D eigenvalue weighted by molar-refractivity contribution is 7.12. The lowest BCUT2D eigenvalue weighted by atomic mass is 9.95. The summed E-state index contributed by atoms with van der Waals surface area (Å²) in [6.45, 7) is 4.47. The zero-order chi connectivity index (χ0) is 19.5. The summed E-state index contributed by atoms with van der Waals surface area (Å²) < 4.78 is 5.40. The Bertz CT molecular complexity index is 873. The van der Waals surface area contributed by atoms with Crippen molar-refractivity contribution >= 4 is 23.0 Å². The lowest BCUT2D eigenvalue weighted by molar-refractivity contribution is -0.907. The molecule has 1 aromatic carbocycles. The number of rotatable bonds is 6. The summed E-state index contributed by atoms with van der Waals surface area (Å²) in [5, 5.41) is 12.4. The second-order valence-electron chi connectivity index (χ2n) is 6.99. The van der Waals surface area contributed by atoms with Crippen LogP contribution in [0.25, 0.3) is 0 Å². The number of ketones is 1. The molecule has 7 heteroatoms. The largest absolute Gasteiger partial charge is 0.503 e. The van der Waals surface area contributed by atoms with E-state index in [0.717, 1.165) is 38.4 Å². The van der Waals surface area contributed by atoms with Crippen LogP contribution in [0.4, 0.5) is 0 Å². The third-order valence-corrected chi connectivity index (χ3v) is 6.18. The maximum absolute atomic E-state index is 13.1. The van der Waals surface area contributed by atoms with Crippen molar-refractivity contribution in [3.63, 3.8) is 0 Å². The number of morpholine rings is 1. The second-order valence-corrected chi connectivity index (χ2v) is 7.94. The van der Waals surface area contributed by atoms with Gasteiger partial charge in [-0.1, -0.05) is 36.4 Å². The predicted octanol–water partition coefficient (Wildman–Crippen LogP) is 1.24. The molecule has 3 heterocycles. The molecule has 0 spiro atoms. The fraction of sp³-hybridized carbons (Fsp3) is 0.333. The SMILES string of the molecule is O=C(C1=C(O)C(=O)N(CC[NH+]2CCOCC2)[C@@H]1c1ccccc1)c1cccs1. The number of quaternary nitrogens is 1. The number of hydrogen-bond acceptors (Lipinski definition) is 5. The minimum Gasteiger partial charge on any atom is -0.503 e. The van der Waals surface area contributed by atoms with Crippen molar-refractivity contribution in [2.24, 2.45) is 0 Å². The number of hydrogen-bond donors (Lipinski definition) is 2. The Morgan fingerprint density at radius 3 is 2.61 bits per heavy atom. The molecule has 0 bridgehead atoms. The Labute approximate surface area is 167 Å². The summed E-state index contributed by atoms with van der Waals surface area (Å²) >= 11 is 1.31. The normalized spacial score (nSPS) is 20.8. The van der Waals surface area contributed by atoms with Gasteiger partial charge in [0.15, 0.2) is 5.76 Å². The zero-order valence-electron chi connectivity index (χ0n) is 15.5. The molecule has 6 nitrogen and oxygen atoms in total. The monoisotopic (exact) mass is 399 g/mol. The van der Waals surface area contributed by atoms with Crippen molar-refractivity contribution in [1.29, 1.82) is 0 Å². The molecule has 2 aromatic rings. The van der Waals surface area contributed by atoms with Gasteiger partial charge in [-0.2, -0.15) is 0 Å². The molecule has 2 aliphatic rings. The lowest BCUT2D eigenvalue weighted by Gasteiger charge is -2.30. The molecule has 0 radical (unpaired) electrons. The molecule has 1 saturated heterocycles. The number of Topliss-reactive ketones (excluding diaryl/α,β-unsaturated/α-hetero) is 1. The number of nitrogens with one attached hydrogen (secondary N) is 1. The molecule has 2 N–H and O–H groups in total. The fourth-order valence-electron chi connectivity index (χ4n) is 3.83. The van der Waals surface area contributed by atoms with Crippen molar-refractivity contribution in [2.45, 2.75) is 6.04 Å². The number of aliphatic hydroxyl groups is 1. The molecule has 1 fully saturated rings. The number of ether oxygens (including phenoxy) is 1. The molecule has 28 heavy (non-hydrogen) atoms. The molecule has 1 atom stereocenters. The van der Waals surface area contributed by atoms with Crippen LogP contribution in [0.3, 0.4) is 0 Å². The predicted molar refractivity (Wildman–Crippen MR) is 106 cm³/mol. The summed E-state index contributed by atoms with van der Waals surface area (Å²) in [6.07, 6.45) is 0. The van der Waals surface area contributed by atoms with Gasteiger partial charge in [0.1, 0.15) is 13.1 Å². The maximum atomic E-state index is 13.1. The Balaban J connectivity index is 1.64. The highest BCUT2D eigenvalue weighted by Crippen LogP contribution is 2.39. The van der Waals surface area contributed by atoms with Gasteiger partial charge < -0.3 is 19.6 Å². The van der Waals surface area contributed by atoms with Gasteiger partial charge in [-0.15, -0.1) is 11.3 Å². The molecule has 1 amide bonds. The Morgan fingerprint density at radius 2 is 1.93 bits per heavy atom. The van der Waals surface area contributed by atoms with E-state index in [4.69, 9.17) is 4.74 Å². The smallest absolute Gasteiger partial charge is 0.290 e. The Morgan fingerprint density at radius 1 is 1.18 bits per heavy atom. The van der Waals surface area contributed by atoms with Gasteiger partial charge in [-0.3, -0.25) is 9.59 Å². The first kappa shape index (κ1) is 18.9. The quantitative estimate of drug-likeness (QED) is 0.717. The molecule has 0 saturated carbocycles. The van der Waals surface area contributed by atoms with Crippen LogP contribution in [0.5, 0.6) is 0 Å². The molecule has 2 aliphatic heterocycles. The van der Waals surface area contributed by atoms with Crippen LogP contribution in [0.15, 0.2) is 59.2 Å². The van der Waals surface area contributed by atoms with Gasteiger partial charge in [0.2, 0.25) is 5.78 Å². The van der Waals surface area contributed by atoms with E-state index < -0.39 is 17.7 Å². The van der Waals surface area contributed by atoms with Crippen LogP contribution in [0.1, 0.15) is 21.3 Å². The Kier molecular flexibility index (Phi) is 5.57. The molecule has 1 aromatic heterocycles. The van der Waals surface area contributed by atoms with E-state index in [-0.39, 0.29) is 11.4 Å². The Hall–Kier alpha value is -2.48. The van der Waals surface area contributed by atoms with E-state index in [2.05, 4.69) is 0 Å². The third kappa shape index (κ3) is 3.61. The van der Waals surface area contributed by atoms with Crippen molar-refractivity contribution < 1.29 is 24.3 Å². The van der Waals surface area contributed by atoms with Gasteiger partial charge >= 0.3 is 0 Å². The third-order valence-electron chi connectivity index (χ3n) is 5.31. The summed E-state index contributed by atoms with van der Waals surface area (Å²) in [7, 11) is 0. The average Bonchev–Trinajstić information content (AvgIpc) is 3.36. The van der Waals surface area contributed by atoms with Gasteiger partial charge in [-0.05, 0) is 17.0 Å². The van der Waals surface area contributed by atoms with Crippen molar-refractivity contribution in [2.75, 3.05) is 39.4 Å². The van der Waals surface area contributed by atoms with E-state index in [1.165, 1.54) is 16.2 Å². The van der Waals surface area contributed by atoms with Crippen molar-refractivity contribution in [3.05, 3.63) is 69.6 Å². The number of thiophene rings is 1. The summed E-state index contributed by atoms with van der Waals surface area (Å²) in [5.41, 5.74) is 1.01. The van der Waals surface area contributed by atoms with Crippen molar-refractivity contribution in [3.8, 4) is 0 Å². The van der Waals surface area contributed by atoms with E-state index >= 15 is 0 Å². The maximum Gasteiger partial charge on any atom is 0.290 e. The average molecular weight is 399 g/mol. The number of aliphatic hydroxyl groups excluding tert-OH is 1. The number of benzene rings is 1. The summed E-state index contributed by atoms with van der Waals surface area (Å²) in [4.78, 5) is 29.5. The van der Waals surface area contributed by atoms with E-state index in [1.54, 1.807) is 17.0 Å². The van der Waals surface area contributed by atoms with Gasteiger partial charge in [0, 0.05) is 0 Å². The minimum absolute atomic E-state index is 0.177. The fourth-order valence-corrected chi connectivity index (χ4v) is 4.51. The number of carbonyl (C=O) groups excluding carboxylic acids is 2. The minimum atomic E-state index is -0.566. The molecule has 146 valence electrons. The molecule has 0 aliphatic carbocycles. The van der Waals surface area contributed by atoms with Crippen LogP contribution >= 0.6 is 11.3 Å². The topological polar surface area (TPSA) is 71.3 Å². The van der Waals surface area contributed by atoms with E-state index in [9.17, 15) is 14.7 Å². The van der Waals surface area contributed by atoms with Crippen molar-refractivity contribution in [1.82, 2.24) is 4.90 Å². The zero-order valence-corrected chi connectivity index (χ0v) is 16.3. The molecule has 0 unspecified atom stereocenters. The number of carbonyl (C=O) groups is 2. The van der Waals surface area contributed by atoms with Crippen LogP contribution in [-0.2, 0) is 9.53 Å². The highest BCUT2D eigenvalue weighted by atomic mass is 32.1. The first-order valence-electron chi connectivity index (χ1n) is 9.45. The first-order valence-corrected chi connectivity index (χ1v) is 10.3. The van der Waals surface area contributed by atoms with Crippen LogP contribution in [0, 0.1) is 0 Å². The van der Waals surface area contributed by atoms with Gasteiger partial charge in [-0.25, -0.2) is 0 Å². The molecular formula is C21H23N2O4S+. The van der Waals surface area contributed by atoms with Crippen LogP contribution < -0.4 is 4.90 Å². The van der Waals surface area contributed by atoms with E-state index in [0.29, 0.717) is 11.4 Å². The van der Waals surface area contributed by atoms with Crippen LogP contribution in [0.2, 0.25) is 0 Å². The first-order chi connectivity index (χ1) is 13.7. The standard InChI is InChI=1S/C21H22N2O4S/c24-19(16-7-4-14-28-16)17-18(15-5-2-1-3-6-15)23(21(26)20(17)25)9-8-22-10-12-27-13-11-22/h1-7,14,18,25H,8-13H2/p+1/t18-/m1/s1. The lowest BCUT2D eigenvalue weighted by Crippen LogP contribution is -3.14. The van der Waals surface area contributed by atoms with Gasteiger partial charge in [0.25, 0.3) is 5.91 Å². The van der Waals surface area contributed by atoms with Crippen LogP contribution in [-0.4, -0.2) is 61.1 Å². The number of amides is 1. The second kappa shape index (κ2) is 8.26. The number of nitrogens with zero attached hydrogens (tertiary/aromatic N) is 1. The van der Waals surface area contributed by atoms with Gasteiger partial charge in [0.05, 0.1) is 42.8 Å². The molecule has 4 rings (SSSR count).